The van der Waals surface area contributed by atoms with Crippen molar-refractivity contribution in [3.8, 4) is 5.75 Å². The molecule has 1 aromatic heterocycles. The van der Waals surface area contributed by atoms with Gasteiger partial charge in [0, 0.05) is 31.7 Å². The van der Waals surface area contributed by atoms with E-state index in [1.54, 1.807) is 43.9 Å². The maximum absolute atomic E-state index is 12.8. The fourth-order valence-corrected chi connectivity index (χ4v) is 2.94. The van der Waals surface area contributed by atoms with Crippen molar-refractivity contribution in [2.75, 3.05) is 18.6 Å². The summed E-state index contributed by atoms with van der Waals surface area (Å²) < 4.78 is 7.06. The molecule has 1 N–H and O–H groups in total. The lowest BCUT2D eigenvalue weighted by atomic mass is 10.1. The highest BCUT2D eigenvalue weighted by Crippen LogP contribution is 2.23. The Balaban J connectivity index is 1.65. The molecule has 1 saturated heterocycles. The molecule has 2 amide bonds. The summed E-state index contributed by atoms with van der Waals surface area (Å²) in [5.41, 5.74) is 0.560. The second-order valence-corrected chi connectivity index (χ2v) is 6.24. The topological polar surface area (TPSA) is 88.8 Å². The first-order valence-corrected chi connectivity index (χ1v) is 8.79. The van der Waals surface area contributed by atoms with E-state index in [4.69, 9.17) is 17.0 Å². The van der Waals surface area contributed by atoms with Gasteiger partial charge >= 0.3 is 0 Å². The summed E-state index contributed by atoms with van der Waals surface area (Å²) >= 11 is 5.17. The number of rotatable bonds is 7. The largest absolute Gasteiger partial charge is 0.497 e. The number of thiocarbonyl (C=S) groups is 1. The van der Waals surface area contributed by atoms with Crippen LogP contribution < -0.4 is 15.0 Å². The lowest BCUT2D eigenvalue weighted by Gasteiger charge is -2.30. The summed E-state index contributed by atoms with van der Waals surface area (Å²) in [5.74, 6) is -1.23. The number of anilines is 1. The van der Waals surface area contributed by atoms with Crippen LogP contribution in [0, 0.1) is 5.92 Å². The lowest BCUT2D eigenvalue weighted by molar-refractivity contribution is -0.130. The molecule has 3 rings (SSSR count). The summed E-state index contributed by atoms with van der Waals surface area (Å²) in [6.07, 6.45) is 7.48. The molecule has 27 heavy (non-hydrogen) atoms. The average Bonchev–Trinajstić information content (AvgIpc) is 3.17. The number of carbonyl (C=O) groups is 2. The lowest BCUT2D eigenvalue weighted by Crippen LogP contribution is -2.58. The van der Waals surface area contributed by atoms with Crippen LogP contribution in [0.25, 0.3) is 0 Å². The summed E-state index contributed by atoms with van der Waals surface area (Å²) in [4.78, 5) is 34.5. The molecule has 1 aromatic carbocycles. The monoisotopic (exact) mass is 385 g/mol. The summed E-state index contributed by atoms with van der Waals surface area (Å²) in [5, 5.41) is 2.62. The van der Waals surface area contributed by atoms with Crippen LogP contribution in [-0.2, 0) is 16.1 Å². The molecule has 8 nitrogen and oxygen atoms in total. The SMILES string of the molecule is COc1ccc(N2C(=O)[C@H](C=NCCCn3ccnc3)C(=O)NC2=S)cc1. The molecule has 0 radical (unpaired) electrons. The van der Waals surface area contributed by atoms with E-state index in [9.17, 15) is 9.59 Å². The highest BCUT2D eigenvalue weighted by molar-refractivity contribution is 7.80. The predicted octanol–water partition coefficient (Wildman–Crippen LogP) is 1.42. The van der Waals surface area contributed by atoms with Crippen LogP contribution in [0.4, 0.5) is 5.69 Å². The molecule has 0 unspecified atom stereocenters. The number of aryl methyl sites for hydroxylation is 1. The summed E-state index contributed by atoms with van der Waals surface area (Å²) in [6, 6.07) is 6.86. The Morgan fingerprint density at radius 2 is 2.11 bits per heavy atom. The van der Waals surface area contributed by atoms with Gasteiger partial charge in [-0.25, -0.2) is 4.98 Å². The molecule has 0 bridgehead atoms. The minimum absolute atomic E-state index is 0.0555. The van der Waals surface area contributed by atoms with Gasteiger partial charge in [-0.15, -0.1) is 0 Å². The third-order valence-electron chi connectivity index (χ3n) is 4.05. The van der Waals surface area contributed by atoms with Crippen LogP contribution in [0.15, 0.2) is 48.0 Å². The Kier molecular flexibility index (Phi) is 5.92. The van der Waals surface area contributed by atoms with E-state index in [0.29, 0.717) is 18.0 Å². The van der Waals surface area contributed by atoms with Gasteiger partial charge in [0.1, 0.15) is 5.75 Å². The number of carbonyl (C=O) groups excluding carboxylic acids is 2. The van der Waals surface area contributed by atoms with Gasteiger partial charge in [-0.05, 0) is 42.9 Å². The molecule has 140 valence electrons. The van der Waals surface area contributed by atoms with Crippen molar-refractivity contribution in [2.45, 2.75) is 13.0 Å². The zero-order valence-corrected chi connectivity index (χ0v) is 15.6. The van der Waals surface area contributed by atoms with Crippen LogP contribution in [0.5, 0.6) is 5.75 Å². The normalized spacial score (nSPS) is 17.4. The van der Waals surface area contributed by atoms with Gasteiger partial charge in [-0.1, -0.05) is 0 Å². The first kappa shape index (κ1) is 18.7. The average molecular weight is 385 g/mol. The van der Waals surface area contributed by atoms with E-state index < -0.39 is 17.7 Å². The fraction of sp³-hybridized carbons (Fsp3) is 0.278. The first-order valence-electron chi connectivity index (χ1n) is 8.38. The number of benzene rings is 1. The van der Waals surface area contributed by atoms with Crippen LogP contribution in [0.2, 0.25) is 0 Å². The zero-order chi connectivity index (χ0) is 19.2. The number of amides is 2. The molecule has 2 heterocycles. The summed E-state index contributed by atoms with van der Waals surface area (Å²) in [7, 11) is 1.56. The van der Waals surface area contributed by atoms with Crippen molar-refractivity contribution in [2.24, 2.45) is 10.9 Å². The number of hydrogen-bond acceptors (Lipinski definition) is 6. The Labute approximate surface area is 161 Å². The summed E-state index contributed by atoms with van der Waals surface area (Å²) in [6.45, 7) is 1.27. The van der Waals surface area contributed by atoms with Gasteiger partial charge in [0.25, 0.3) is 5.91 Å². The van der Waals surface area contributed by atoms with Gasteiger partial charge in [-0.3, -0.25) is 19.5 Å². The van der Waals surface area contributed by atoms with Gasteiger partial charge in [0.05, 0.1) is 19.1 Å². The van der Waals surface area contributed by atoms with Crippen molar-refractivity contribution in [1.29, 1.82) is 0 Å². The standard InChI is InChI=1S/C18H19N5O3S/c1-26-14-5-3-13(4-6-14)23-17(25)15(16(24)21-18(23)27)11-19-7-2-9-22-10-8-20-12-22/h3-6,8,10-12,15H,2,7,9H2,1H3,(H,21,24,27)/t15-/m1/s1. The molecule has 1 aliphatic heterocycles. The molecular weight excluding hydrogens is 366 g/mol. The highest BCUT2D eigenvalue weighted by Gasteiger charge is 2.38. The maximum Gasteiger partial charge on any atom is 0.251 e. The third-order valence-corrected chi connectivity index (χ3v) is 4.33. The molecule has 2 aromatic rings. The van der Waals surface area contributed by atoms with E-state index in [1.165, 1.54) is 11.1 Å². The van der Waals surface area contributed by atoms with Gasteiger partial charge in [-0.2, -0.15) is 0 Å². The molecule has 1 atom stereocenters. The van der Waals surface area contributed by atoms with Crippen LogP contribution >= 0.6 is 12.2 Å². The Morgan fingerprint density at radius 1 is 1.33 bits per heavy atom. The van der Waals surface area contributed by atoms with Gasteiger partial charge in [0.15, 0.2) is 11.0 Å². The van der Waals surface area contributed by atoms with Gasteiger partial charge in [0.2, 0.25) is 5.91 Å². The number of methoxy groups -OCH3 is 1. The molecule has 0 spiro atoms. The van der Waals surface area contributed by atoms with Gasteiger partial charge < -0.3 is 14.6 Å². The highest BCUT2D eigenvalue weighted by atomic mass is 32.1. The maximum atomic E-state index is 12.8. The number of aliphatic imine (C=N–C) groups is 1. The molecule has 0 saturated carbocycles. The molecule has 1 fully saturated rings. The predicted molar refractivity (Wildman–Crippen MR) is 105 cm³/mol. The number of aromatic nitrogens is 2. The van der Waals surface area contributed by atoms with E-state index in [-0.39, 0.29) is 5.11 Å². The minimum Gasteiger partial charge on any atom is -0.497 e. The number of ether oxygens (including phenoxy) is 1. The Hall–Kier alpha value is -3.07. The van der Waals surface area contributed by atoms with Crippen LogP contribution in [0.1, 0.15) is 6.42 Å². The van der Waals surface area contributed by atoms with Crippen molar-refractivity contribution in [3.63, 3.8) is 0 Å². The Bertz CT molecular complexity index is 848. The van der Waals surface area contributed by atoms with Crippen molar-refractivity contribution >= 4 is 41.0 Å². The first-order chi connectivity index (χ1) is 13.1. The van der Waals surface area contributed by atoms with Crippen LogP contribution in [0.3, 0.4) is 0 Å². The number of nitrogens with one attached hydrogen (secondary N) is 1. The van der Waals surface area contributed by atoms with Crippen molar-refractivity contribution in [3.05, 3.63) is 43.0 Å². The molecule has 0 aliphatic carbocycles. The van der Waals surface area contributed by atoms with E-state index in [1.807, 2.05) is 10.8 Å². The van der Waals surface area contributed by atoms with E-state index in [0.717, 1.165) is 13.0 Å². The second kappa shape index (κ2) is 8.54. The zero-order valence-electron chi connectivity index (χ0n) is 14.7. The van der Waals surface area contributed by atoms with Crippen LogP contribution in [-0.4, -0.2) is 46.3 Å². The quantitative estimate of drug-likeness (QED) is 0.337. The fourth-order valence-electron chi connectivity index (χ4n) is 2.64. The van der Waals surface area contributed by atoms with E-state index >= 15 is 0 Å². The third kappa shape index (κ3) is 4.37. The number of nitrogens with zero attached hydrogens (tertiary/aromatic N) is 4. The minimum atomic E-state index is -1.01. The Morgan fingerprint density at radius 3 is 2.78 bits per heavy atom. The smallest absolute Gasteiger partial charge is 0.251 e. The number of hydrogen-bond donors (Lipinski definition) is 1. The second-order valence-electron chi connectivity index (χ2n) is 5.85. The van der Waals surface area contributed by atoms with E-state index in [2.05, 4.69) is 15.3 Å². The number of imidazole rings is 1. The van der Waals surface area contributed by atoms with Crippen molar-refractivity contribution < 1.29 is 14.3 Å². The molecular formula is C18H19N5O3S. The molecule has 1 aliphatic rings. The van der Waals surface area contributed by atoms with Crippen molar-refractivity contribution in [1.82, 2.24) is 14.9 Å². The molecule has 9 heteroatoms.